The number of hydrazone groups is 1. The summed E-state index contributed by atoms with van der Waals surface area (Å²) in [6, 6.07) is 10.5. The summed E-state index contributed by atoms with van der Waals surface area (Å²) in [6.45, 7) is 0.232. The number of benzene rings is 2. The van der Waals surface area contributed by atoms with Crippen LogP contribution in [0.25, 0.3) is 17.3 Å². The van der Waals surface area contributed by atoms with E-state index in [0.29, 0.717) is 22.1 Å². The SMILES string of the molecule is FC(F)(F)c1ccc(-c2csc(N/N=C/C=C/c3ccc4c(c3)OCO4)n2)cc1. The molecule has 0 bridgehead atoms. The number of alkyl halides is 3. The van der Waals surface area contributed by atoms with Crippen molar-refractivity contribution in [1.29, 1.82) is 0 Å². The molecule has 1 N–H and O–H groups in total. The quantitative estimate of drug-likeness (QED) is 0.429. The molecule has 0 radical (unpaired) electrons. The monoisotopic (exact) mass is 417 g/mol. The van der Waals surface area contributed by atoms with Crippen LogP contribution in [0, 0.1) is 0 Å². The molecule has 4 rings (SSSR count). The lowest BCUT2D eigenvalue weighted by Crippen LogP contribution is -2.03. The van der Waals surface area contributed by atoms with Crippen molar-refractivity contribution in [2.75, 3.05) is 12.2 Å². The minimum Gasteiger partial charge on any atom is -0.454 e. The zero-order chi connectivity index (χ0) is 20.3. The number of nitrogens with one attached hydrogen (secondary N) is 1. The Kier molecular flexibility index (Phi) is 5.22. The number of aromatic nitrogens is 1. The van der Waals surface area contributed by atoms with Gasteiger partial charge in [-0.2, -0.15) is 18.3 Å². The van der Waals surface area contributed by atoms with E-state index in [9.17, 15) is 13.2 Å². The first-order valence-electron chi connectivity index (χ1n) is 8.47. The number of thiazole rings is 1. The summed E-state index contributed by atoms with van der Waals surface area (Å²) in [5.41, 5.74) is 4.24. The summed E-state index contributed by atoms with van der Waals surface area (Å²) in [5.74, 6) is 1.44. The third-order valence-corrected chi connectivity index (χ3v) is 4.77. The van der Waals surface area contributed by atoms with Crippen molar-refractivity contribution in [2.24, 2.45) is 5.10 Å². The lowest BCUT2D eigenvalue weighted by Gasteiger charge is -2.06. The molecule has 0 spiro atoms. The van der Waals surface area contributed by atoms with Crippen LogP contribution in [0.4, 0.5) is 18.3 Å². The number of fused-ring (bicyclic) bond motifs is 1. The second-order valence-corrected chi connectivity index (χ2v) is 6.83. The highest BCUT2D eigenvalue weighted by Crippen LogP contribution is 2.33. The number of ether oxygens (including phenoxy) is 2. The Balaban J connectivity index is 1.34. The summed E-state index contributed by atoms with van der Waals surface area (Å²) < 4.78 is 48.5. The summed E-state index contributed by atoms with van der Waals surface area (Å²) in [5, 5.41) is 6.35. The molecule has 1 aliphatic rings. The van der Waals surface area contributed by atoms with Gasteiger partial charge in [-0.3, -0.25) is 5.43 Å². The first-order valence-corrected chi connectivity index (χ1v) is 9.35. The molecular formula is C20H14F3N3O2S. The highest BCUT2D eigenvalue weighted by Gasteiger charge is 2.30. The fourth-order valence-electron chi connectivity index (χ4n) is 2.59. The van der Waals surface area contributed by atoms with Crippen LogP contribution in [0.5, 0.6) is 11.5 Å². The Morgan fingerprint density at radius 2 is 1.86 bits per heavy atom. The first-order chi connectivity index (χ1) is 14.0. The molecule has 0 amide bonds. The molecule has 0 unspecified atom stereocenters. The fourth-order valence-corrected chi connectivity index (χ4v) is 3.26. The number of hydrogen-bond acceptors (Lipinski definition) is 6. The summed E-state index contributed by atoms with van der Waals surface area (Å²) in [6.07, 6.45) is 0.845. The van der Waals surface area contributed by atoms with Gasteiger partial charge in [0.25, 0.3) is 0 Å². The highest BCUT2D eigenvalue weighted by molar-refractivity contribution is 7.14. The molecule has 2 heterocycles. The third-order valence-electron chi connectivity index (χ3n) is 4.02. The highest BCUT2D eigenvalue weighted by atomic mass is 32.1. The van der Waals surface area contributed by atoms with Gasteiger partial charge in [0.2, 0.25) is 11.9 Å². The van der Waals surface area contributed by atoms with Crippen molar-refractivity contribution in [2.45, 2.75) is 6.18 Å². The first kappa shape index (κ1) is 19.0. The largest absolute Gasteiger partial charge is 0.454 e. The number of halogens is 3. The topological polar surface area (TPSA) is 55.7 Å². The van der Waals surface area contributed by atoms with Gasteiger partial charge in [-0.1, -0.05) is 24.3 Å². The van der Waals surface area contributed by atoms with E-state index >= 15 is 0 Å². The van der Waals surface area contributed by atoms with E-state index in [4.69, 9.17) is 9.47 Å². The van der Waals surface area contributed by atoms with Crippen molar-refractivity contribution in [3.05, 3.63) is 65.0 Å². The van der Waals surface area contributed by atoms with Crippen molar-refractivity contribution in [1.82, 2.24) is 4.98 Å². The molecule has 5 nitrogen and oxygen atoms in total. The van der Waals surface area contributed by atoms with Crippen LogP contribution in [0.3, 0.4) is 0 Å². The van der Waals surface area contributed by atoms with Gasteiger partial charge in [0.05, 0.1) is 11.3 Å². The fraction of sp³-hybridized carbons (Fsp3) is 0.100. The molecule has 148 valence electrons. The molecule has 0 atom stereocenters. The van der Waals surface area contributed by atoms with Gasteiger partial charge in [0.15, 0.2) is 11.5 Å². The number of nitrogens with zero attached hydrogens (tertiary/aromatic N) is 2. The van der Waals surface area contributed by atoms with Crippen LogP contribution in [-0.2, 0) is 6.18 Å². The number of hydrogen-bond donors (Lipinski definition) is 1. The average Bonchev–Trinajstić information content (AvgIpc) is 3.36. The molecule has 0 saturated carbocycles. The van der Waals surface area contributed by atoms with Gasteiger partial charge in [-0.05, 0) is 35.9 Å². The van der Waals surface area contributed by atoms with Gasteiger partial charge in [0, 0.05) is 17.2 Å². The molecule has 1 aromatic heterocycles. The minimum absolute atomic E-state index is 0.232. The Morgan fingerprint density at radius 1 is 1.07 bits per heavy atom. The van der Waals surface area contributed by atoms with Gasteiger partial charge in [-0.25, -0.2) is 4.98 Å². The van der Waals surface area contributed by atoms with Crippen LogP contribution >= 0.6 is 11.3 Å². The van der Waals surface area contributed by atoms with E-state index in [0.717, 1.165) is 23.4 Å². The standard InChI is InChI=1S/C20H14F3N3O2S/c21-20(22,23)15-6-4-14(5-7-15)16-11-29-19(25-16)26-24-9-1-2-13-3-8-17-18(10-13)28-12-27-17/h1-11H,12H2,(H,25,26)/b2-1+,24-9+. The van der Waals surface area contributed by atoms with Gasteiger partial charge < -0.3 is 9.47 Å². The minimum atomic E-state index is -4.35. The zero-order valence-corrected chi connectivity index (χ0v) is 15.6. The van der Waals surface area contributed by atoms with Crippen LogP contribution in [-0.4, -0.2) is 18.0 Å². The Morgan fingerprint density at radius 3 is 2.66 bits per heavy atom. The lowest BCUT2D eigenvalue weighted by molar-refractivity contribution is -0.137. The maximum atomic E-state index is 12.6. The Hall–Kier alpha value is -3.33. The van der Waals surface area contributed by atoms with Crippen LogP contribution in [0.2, 0.25) is 0 Å². The van der Waals surface area contributed by atoms with Gasteiger partial charge >= 0.3 is 6.18 Å². The molecule has 3 aromatic rings. The van der Waals surface area contributed by atoms with Gasteiger partial charge in [-0.15, -0.1) is 11.3 Å². The predicted octanol–water partition coefficient (Wildman–Crippen LogP) is 5.67. The normalized spacial score (nSPS) is 13.5. The maximum Gasteiger partial charge on any atom is 0.416 e. The van der Waals surface area contributed by atoms with Crippen LogP contribution < -0.4 is 14.9 Å². The maximum absolute atomic E-state index is 12.6. The van der Waals surface area contributed by atoms with E-state index in [2.05, 4.69) is 15.5 Å². The Labute approximate surface area is 168 Å². The molecule has 0 saturated heterocycles. The second-order valence-electron chi connectivity index (χ2n) is 5.97. The molecule has 2 aromatic carbocycles. The molecule has 9 heteroatoms. The predicted molar refractivity (Wildman–Crippen MR) is 106 cm³/mol. The second kappa shape index (κ2) is 7.96. The van der Waals surface area contributed by atoms with Crippen LogP contribution in [0.1, 0.15) is 11.1 Å². The van der Waals surface area contributed by atoms with Crippen molar-refractivity contribution in [3.8, 4) is 22.8 Å². The average molecular weight is 417 g/mol. The number of rotatable bonds is 5. The van der Waals surface area contributed by atoms with E-state index < -0.39 is 11.7 Å². The number of allylic oxidation sites excluding steroid dienone is 1. The van der Waals surface area contributed by atoms with Gasteiger partial charge in [0.1, 0.15) is 0 Å². The van der Waals surface area contributed by atoms with E-state index in [1.807, 2.05) is 24.3 Å². The van der Waals surface area contributed by atoms with Crippen molar-refractivity contribution in [3.63, 3.8) is 0 Å². The summed E-state index contributed by atoms with van der Waals surface area (Å²) in [4.78, 5) is 4.33. The van der Waals surface area contributed by atoms with Crippen molar-refractivity contribution < 1.29 is 22.6 Å². The molecular weight excluding hydrogens is 403 g/mol. The smallest absolute Gasteiger partial charge is 0.416 e. The molecule has 29 heavy (non-hydrogen) atoms. The van der Waals surface area contributed by atoms with E-state index in [-0.39, 0.29) is 6.79 Å². The molecule has 1 aliphatic heterocycles. The van der Waals surface area contributed by atoms with Crippen LogP contribution in [0.15, 0.2) is 59.0 Å². The van der Waals surface area contributed by atoms with E-state index in [1.165, 1.54) is 23.5 Å². The zero-order valence-electron chi connectivity index (χ0n) is 14.8. The van der Waals surface area contributed by atoms with Crippen molar-refractivity contribution >= 4 is 28.8 Å². The summed E-state index contributed by atoms with van der Waals surface area (Å²) in [7, 11) is 0. The lowest BCUT2D eigenvalue weighted by atomic mass is 10.1. The Bertz CT molecular complexity index is 1060. The van der Waals surface area contributed by atoms with E-state index in [1.54, 1.807) is 17.7 Å². The third kappa shape index (κ3) is 4.57. The number of anilines is 1. The molecule has 0 aliphatic carbocycles. The summed E-state index contributed by atoms with van der Waals surface area (Å²) >= 11 is 1.31. The molecule has 0 fully saturated rings.